The van der Waals surface area contributed by atoms with Gasteiger partial charge in [-0.2, -0.15) is 0 Å². The number of hydrogen-bond acceptors (Lipinski definition) is 4. The molecule has 16 heavy (non-hydrogen) atoms. The van der Waals surface area contributed by atoms with Crippen molar-refractivity contribution in [3.05, 3.63) is 0 Å². The van der Waals surface area contributed by atoms with E-state index in [1.807, 2.05) is 5.01 Å². The minimum absolute atomic E-state index is 0.882. The molecule has 0 radical (unpaired) electrons. The third-order valence-electron chi connectivity index (χ3n) is 4.08. The van der Waals surface area contributed by atoms with Crippen LogP contribution in [0.15, 0.2) is 0 Å². The predicted octanol–water partition coefficient (Wildman–Crippen LogP) is 0.210. The first-order chi connectivity index (χ1) is 7.78. The highest BCUT2D eigenvalue weighted by Gasteiger charge is 2.22. The standard InChI is InChI=1S/C12H26N4/c1-2-14-7-9-15(10-8-14)11-12-3-5-16(13)6-4-12/h12H,2-11,13H2,1H3. The van der Waals surface area contributed by atoms with Crippen molar-refractivity contribution in [2.45, 2.75) is 19.8 Å². The number of rotatable bonds is 3. The fourth-order valence-corrected chi connectivity index (χ4v) is 2.79. The summed E-state index contributed by atoms with van der Waals surface area (Å²) in [7, 11) is 0. The maximum Gasteiger partial charge on any atom is 0.0131 e. The zero-order valence-electron chi connectivity index (χ0n) is 10.6. The molecule has 2 rings (SSSR count). The highest BCUT2D eigenvalue weighted by molar-refractivity contribution is 4.76. The largest absolute Gasteiger partial charge is 0.301 e. The highest BCUT2D eigenvalue weighted by Crippen LogP contribution is 2.17. The summed E-state index contributed by atoms with van der Waals surface area (Å²) in [5, 5.41) is 1.96. The van der Waals surface area contributed by atoms with Crippen molar-refractivity contribution in [2.24, 2.45) is 11.8 Å². The van der Waals surface area contributed by atoms with E-state index in [4.69, 9.17) is 5.84 Å². The molecule has 94 valence electrons. The van der Waals surface area contributed by atoms with E-state index >= 15 is 0 Å². The maximum atomic E-state index is 5.78. The van der Waals surface area contributed by atoms with Crippen LogP contribution in [0.3, 0.4) is 0 Å². The number of nitrogens with zero attached hydrogens (tertiary/aromatic N) is 3. The molecule has 2 aliphatic heterocycles. The molecule has 0 bridgehead atoms. The molecule has 4 nitrogen and oxygen atoms in total. The molecule has 4 heteroatoms. The van der Waals surface area contributed by atoms with Crippen molar-refractivity contribution in [1.29, 1.82) is 0 Å². The average molecular weight is 226 g/mol. The van der Waals surface area contributed by atoms with Gasteiger partial charge in [-0.15, -0.1) is 0 Å². The van der Waals surface area contributed by atoms with Crippen LogP contribution >= 0.6 is 0 Å². The first-order valence-electron chi connectivity index (χ1n) is 6.72. The Hall–Kier alpha value is -0.160. The molecule has 0 aliphatic carbocycles. The first kappa shape index (κ1) is 12.3. The minimum atomic E-state index is 0.882. The quantitative estimate of drug-likeness (QED) is 0.698. The van der Waals surface area contributed by atoms with Crippen LogP contribution in [0.1, 0.15) is 19.8 Å². The van der Waals surface area contributed by atoms with Gasteiger partial charge in [-0.05, 0) is 25.3 Å². The number of hydrogen-bond donors (Lipinski definition) is 1. The van der Waals surface area contributed by atoms with Gasteiger partial charge in [-0.3, -0.25) is 5.84 Å². The highest BCUT2D eigenvalue weighted by atomic mass is 15.4. The Balaban J connectivity index is 1.66. The molecular formula is C12H26N4. The second kappa shape index (κ2) is 5.96. The van der Waals surface area contributed by atoms with Gasteiger partial charge in [-0.25, -0.2) is 5.01 Å². The van der Waals surface area contributed by atoms with Crippen LogP contribution in [0.2, 0.25) is 0 Å². The Morgan fingerprint density at radius 2 is 1.50 bits per heavy atom. The summed E-state index contributed by atoms with van der Waals surface area (Å²) in [5.41, 5.74) is 0. The van der Waals surface area contributed by atoms with Gasteiger partial charge in [0.2, 0.25) is 0 Å². The second-order valence-corrected chi connectivity index (χ2v) is 5.21. The Bertz CT molecular complexity index is 193. The number of piperidine rings is 1. The fourth-order valence-electron chi connectivity index (χ4n) is 2.79. The summed E-state index contributed by atoms with van der Waals surface area (Å²) >= 11 is 0. The monoisotopic (exact) mass is 226 g/mol. The van der Waals surface area contributed by atoms with Crippen molar-refractivity contribution >= 4 is 0 Å². The van der Waals surface area contributed by atoms with Crippen molar-refractivity contribution in [1.82, 2.24) is 14.8 Å². The number of piperazine rings is 1. The van der Waals surface area contributed by atoms with Gasteiger partial charge in [0.05, 0.1) is 0 Å². The van der Waals surface area contributed by atoms with Crippen LogP contribution in [-0.4, -0.2) is 67.2 Å². The fraction of sp³-hybridized carbons (Fsp3) is 1.00. The van der Waals surface area contributed by atoms with E-state index in [1.165, 1.54) is 52.1 Å². The van der Waals surface area contributed by atoms with Gasteiger partial charge in [0.25, 0.3) is 0 Å². The molecule has 0 amide bonds. The molecule has 0 spiro atoms. The normalized spacial score (nSPS) is 27.4. The van der Waals surface area contributed by atoms with Gasteiger partial charge in [0.15, 0.2) is 0 Å². The van der Waals surface area contributed by atoms with Gasteiger partial charge in [-0.1, -0.05) is 6.92 Å². The molecule has 2 fully saturated rings. The molecule has 0 aromatic heterocycles. The van der Waals surface area contributed by atoms with Gasteiger partial charge >= 0.3 is 0 Å². The molecule has 0 atom stereocenters. The van der Waals surface area contributed by atoms with Crippen molar-refractivity contribution in [2.75, 3.05) is 52.4 Å². The third-order valence-corrected chi connectivity index (χ3v) is 4.08. The number of hydrazine groups is 1. The van der Waals surface area contributed by atoms with Crippen LogP contribution in [0.4, 0.5) is 0 Å². The Morgan fingerprint density at radius 1 is 0.938 bits per heavy atom. The van der Waals surface area contributed by atoms with Gasteiger partial charge in [0.1, 0.15) is 0 Å². The lowest BCUT2D eigenvalue weighted by atomic mass is 9.97. The molecule has 2 saturated heterocycles. The zero-order chi connectivity index (χ0) is 11.4. The maximum absolute atomic E-state index is 5.78. The molecular weight excluding hydrogens is 200 g/mol. The Kier molecular flexibility index (Phi) is 4.58. The number of nitrogens with two attached hydrogens (primary N) is 1. The lowest BCUT2D eigenvalue weighted by Crippen LogP contribution is -2.49. The topological polar surface area (TPSA) is 35.7 Å². The van der Waals surface area contributed by atoms with Crippen LogP contribution in [0.25, 0.3) is 0 Å². The second-order valence-electron chi connectivity index (χ2n) is 5.21. The van der Waals surface area contributed by atoms with E-state index < -0.39 is 0 Å². The van der Waals surface area contributed by atoms with E-state index in [2.05, 4.69) is 16.7 Å². The summed E-state index contributed by atoms with van der Waals surface area (Å²) in [4.78, 5) is 5.18. The average Bonchev–Trinajstić information content (AvgIpc) is 2.33. The van der Waals surface area contributed by atoms with Crippen LogP contribution < -0.4 is 5.84 Å². The van der Waals surface area contributed by atoms with Crippen molar-refractivity contribution < 1.29 is 0 Å². The molecule has 0 aromatic carbocycles. The smallest absolute Gasteiger partial charge is 0.0131 e. The SMILES string of the molecule is CCN1CCN(CC2CCN(N)CC2)CC1. The lowest BCUT2D eigenvalue weighted by Gasteiger charge is -2.37. The molecule has 2 heterocycles. The minimum Gasteiger partial charge on any atom is -0.301 e. The molecule has 2 N–H and O–H groups in total. The van der Waals surface area contributed by atoms with Gasteiger partial charge < -0.3 is 9.80 Å². The van der Waals surface area contributed by atoms with Crippen LogP contribution in [0, 0.1) is 5.92 Å². The summed E-state index contributed by atoms with van der Waals surface area (Å²) < 4.78 is 0. The third kappa shape index (κ3) is 3.42. The summed E-state index contributed by atoms with van der Waals surface area (Å²) in [5.74, 6) is 6.66. The summed E-state index contributed by atoms with van der Waals surface area (Å²) in [6.07, 6.45) is 2.56. The number of likely N-dealkylation sites (N-methyl/N-ethyl adjacent to an activating group) is 1. The summed E-state index contributed by atoms with van der Waals surface area (Å²) in [6, 6.07) is 0. The van der Waals surface area contributed by atoms with E-state index in [-0.39, 0.29) is 0 Å². The first-order valence-corrected chi connectivity index (χ1v) is 6.72. The molecule has 0 saturated carbocycles. The van der Waals surface area contributed by atoms with E-state index in [9.17, 15) is 0 Å². The van der Waals surface area contributed by atoms with Crippen molar-refractivity contribution in [3.63, 3.8) is 0 Å². The zero-order valence-corrected chi connectivity index (χ0v) is 10.6. The lowest BCUT2D eigenvalue weighted by molar-refractivity contribution is 0.0978. The summed E-state index contributed by atoms with van der Waals surface area (Å²) in [6.45, 7) is 12.0. The van der Waals surface area contributed by atoms with Crippen molar-refractivity contribution in [3.8, 4) is 0 Å². The van der Waals surface area contributed by atoms with E-state index in [0.717, 1.165) is 19.0 Å². The Morgan fingerprint density at radius 3 is 2.06 bits per heavy atom. The molecule has 0 unspecified atom stereocenters. The molecule has 2 aliphatic rings. The van der Waals surface area contributed by atoms with Gasteiger partial charge in [0, 0.05) is 45.8 Å². The predicted molar refractivity (Wildman–Crippen MR) is 67.0 cm³/mol. The Labute approximate surface area is 99.3 Å². The van der Waals surface area contributed by atoms with E-state index in [0.29, 0.717) is 0 Å². The molecule has 0 aromatic rings. The van der Waals surface area contributed by atoms with Crippen LogP contribution in [0.5, 0.6) is 0 Å². The van der Waals surface area contributed by atoms with Crippen LogP contribution in [-0.2, 0) is 0 Å². The van der Waals surface area contributed by atoms with E-state index in [1.54, 1.807) is 0 Å².